The first kappa shape index (κ1) is 14.2. The largest absolute Gasteiger partial charge is 0.335 e. The maximum absolute atomic E-state index is 12.2. The number of nitrogens with zero attached hydrogens (tertiary/aromatic N) is 1. The summed E-state index contributed by atoms with van der Waals surface area (Å²) in [5.41, 5.74) is 0. The molecular weight excluding hydrogens is 238 g/mol. The van der Waals surface area contributed by atoms with Crippen LogP contribution in [0.3, 0.4) is 0 Å². The molecule has 0 N–H and O–H groups in total. The monoisotopic (exact) mass is 259 g/mol. The highest BCUT2D eigenvalue weighted by molar-refractivity contribution is 7.92. The molecule has 0 saturated heterocycles. The highest BCUT2D eigenvalue weighted by Gasteiger charge is 2.32. The van der Waals surface area contributed by atoms with Gasteiger partial charge in [-0.05, 0) is 19.8 Å². The van der Waals surface area contributed by atoms with E-state index in [-0.39, 0.29) is 11.9 Å². The molecule has 1 rings (SSSR count). The van der Waals surface area contributed by atoms with Gasteiger partial charge < -0.3 is 4.90 Å². The molecule has 5 heteroatoms. The normalized spacial score (nSPS) is 18.9. The predicted molar refractivity (Wildman–Crippen MR) is 68.5 cm³/mol. The number of hydrogen-bond donors (Lipinski definition) is 0. The summed E-state index contributed by atoms with van der Waals surface area (Å²) in [6.45, 7) is 5.53. The SMILES string of the molecule is C=CCN(C(=O)C(C)S(C)(=O)=O)C1CCCC1. The first-order valence-corrected chi connectivity index (χ1v) is 7.93. The Morgan fingerprint density at radius 3 is 2.41 bits per heavy atom. The van der Waals surface area contributed by atoms with Gasteiger partial charge in [-0.25, -0.2) is 8.42 Å². The first-order valence-electron chi connectivity index (χ1n) is 5.98. The lowest BCUT2D eigenvalue weighted by atomic mass is 10.2. The Kier molecular flexibility index (Phi) is 4.74. The molecule has 1 saturated carbocycles. The van der Waals surface area contributed by atoms with Gasteiger partial charge >= 0.3 is 0 Å². The fourth-order valence-electron chi connectivity index (χ4n) is 2.19. The molecule has 0 aromatic carbocycles. The molecule has 17 heavy (non-hydrogen) atoms. The Hall–Kier alpha value is -0.840. The third-order valence-corrected chi connectivity index (χ3v) is 4.85. The Bertz CT molecular complexity index is 383. The molecule has 98 valence electrons. The zero-order valence-corrected chi connectivity index (χ0v) is 11.4. The standard InChI is InChI=1S/C12H21NO3S/c1-4-9-13(11-7-5-6-8-11)12(14)10(2)17(3,15)16/h4,10-11H,1,5-9H2,2-3H3. The molecule has 1 atom stereocenters. The minimum Gasteiger partial charge on any atom is -0.335 e. The van der Waals surface area contributed by atoms with Gasteiger partial charge in [-0.15, -0.1) is 6.58 Å². The quantitative estimate of drug-likeness (QED) is 0.701. The van der Waals surface area contributed by atoms with Crippen molar-refractivity contribution in [2.24, 2.45) is 0 Å². The molecule has 0 spiro atoms. The van der Waals surface area contributed by atoms with E-state index in [1.54, 1.807) is 11.0 Å². The van der Waals surface area contributed by atoms with Crippen molar-refractivity contribution in [3.05, 3.63) is 12.7 Å². The molecular formula is C12H21NO3S. The van der Waals surface area contributed by atoms with Crippen molar-refractivity contribution in [3.63, 3.8) is 0 Å². The van der Waals surface area contributed by atoms with Crippen LogP contribution in [-0.2, 0) is 14.6 Å². The van der Waals surface area contributed by atoms with E-state index >= 15 is 0 Å². The zero-order chi connectivity index (χ0) is 13.1. The number of carbonyl (C=O) groups excluding carboxylic acids is 1. The Morgan fingerprint density at radius 2 is 2.00 bits per heavy atom. The predicted octanol–water partition coefficient (Wildman–Crippen LogP) is 1.38. The Balaban J connectivity index is 2.83. The maximum atomic E-state index is 12.2. The second-order valence-electron chi connectivity index (χ2n) is 4.69. The topological polar surface area (TPSA) is 54.5 Å². The van der Waals surface area contributed by atoms with Crippen molar-refractivity contribution in [1.29, 1.82) is 0 Å². The average molecular weight is 259 g/mol. The number of rotatable bonds is 5. The summed E-state index contributed by atoms with van der Waals surface area (Å²) in [6.07, 6.45) is 6.92. The van der Waals surface area contributed by atoms with Crippen molar-refractivity contribution < 1.29 is 13.2 Å². The number of carbonyl (C=O) groups is 1. The molecule has 4 nitrogen and oxygen atoms in total. The minimum atomic E-state index is -3.32. The zero-order valence-electron chi connectivity index (χ0n) is 10.6. The summed E-state index contributed by atoms with van der Waals surface area (Å²) in [5, 5.41) is -0.956. The van der Waals surface area contributed by atoms with Gasteiger partial charge in [0.1, 0.15) is 5.25 Å². The van der Waals surface area contributed by atoms with Crippen molar-refractivity contribution in [2.75, 3.05) is 12.8 Å². The van der Waals surface area contributed by atoms with Crippen LogP contribution in [0.1, 0.15) is 32.6 Å². The molecule has 0 aliphatic heterocycles. The maximum Gasteiger partial charge on any atom is 0.241 e. The van der Waals surface area contributed by atoms with Crippen molar-refractivity contribution in [2.45, 2.75) is 43.9 Å². The van der Waals surface area contributed by atoms with Crippen LogP contribution in [0.5, 0.6) is 0 Å². The summed E-state index contributed by atoms with van der Waals surface area (Å²) in [4.78, 5) is 13.8. The van der Waals surface area contributed by atoms with Crippen LogP contribution in [0, 0.1) is 0 Å². The summed E-state index contributed by atoms with van der Waals surface area (Å²) in [7, 11) is -3.32. The molecule has 1 fully saturated rings. The van der Waals surface area contributed by atoms with Gasteiger partial charge in [0.05, 0.1) is 0 Å². The number of hydrogen-bond acceptors (Lipinski definition) is 3. The van der Waals surface area contributed by atoms with Crippen molar-refractivity contribution in [1.82, 2.24) is 4.90 Å². The fraction of sp³-hybridized carbons (Fsp3) is 0.750. The first-order chi connectivity index (χ1) is 7.88. The van der Waals surface area contributed by atoms with Gasteiger partial charge in [0.15, 0.2) is 9.84 Å². The van der Waals surface area contributed by atoms with E-state index in [0.29, 0.717) is 6.54 Å². The van der Waals surface area contributed by atoms with Gasteiger partial charge in [0, 0.05) is 18.8 Å². The van der Waals surface area contributed by atoms with Crippen LogP contribution in [0.2, 0.25) is 0 Å². The van der Waals surface area contributed by atoms with E-state index in [9.17, 15) is 13.2 Å². The molecule has 1 amide bonds. The van der Waals surface area contributed by atoms with Crippen LogP contribution in [0.15, 0.2) is 12.7 Å². The molecule has 1 aliphatic carbocycles. The van der Waals surface area contributed by atoms with E-state index in [4.69, 9.17) is 0 Å². The van der Waals surface area contributed by atoms with E-state index in [2.05, 4.69) is 6.58 Å². The lowest BCUT2D eigenvalue weighted by molar-refractivity contribution is -0.132. The molecule has 0 aromatic heterocycles. The van der Waals surface area contributed by atoms with Gasteiger partial charge in [-0.3, -0.25) is 4.79 Å². The van der Waals surface area contributed by atoms with Crippen LogP contribution < -0.4 is 0 Å². The molecule has 1 unspecified atom stereocenters. The number of sulfone groups is 1. The highest BCUT2D eigenvalue weighted by Crippen LogP contribution is 2.24. The lowest BCUT2D eigenvalue weighted by Crippen LogP contribution is -2.46. The molecule has 0 radical (unpaired) electrons. The van der Waals surface area contributed by atoms with Crippen LogP contribution in [0.25, 0.3) is 0 Å². The molecule has 0 heterocycles. The summed E-state index contributed by atoms with van der Waals surface area (Å²) < 4.78 is 22.8. The van der Waals surface area contributed by atoms with Crippen LogP contribution >= 0.6 is 0 Å². The lowest BCUT2D eigenvalue weighted by Gasteiger charge is -2.29. The summed E-state index contributed by atoms with van der Waals surface area (Å²) in [6, 6.07) is 0.185. The summed E-state index contributed by atoms with van der Waals surface area (Å²) >= 11 is 0. The minimum absolute atomic E-state index is 0.185. The van der Waals surface area contributed by atoms with E-state index < -0.39 is 15.1 Å². The molecule has 1 aliphatic rings. The fourth-order valence-corrected chi connectivity index (χ4v) is 2.69. The molecule has 0 aromatic rings. The highest BCUT2D eigenvalue weighted by atomic mass is 32.2. The van der Waals surface area contributed by atoms with Crippen LogP contribution in [-0.4, -0.2) is 43.3 Å². The molecule has 0 bridgehead atoms. The van der Waals surface area contributed by atoms with Crippen molar-refractivity contribution >= 4 is 15.7 Å². The third kappa shape index (κ3) is 3.56. The smallest absolute Gasteiger partial charge is 0.241 e. The summed E-state index contributed by atoms with van der Waals surface area (Å²) in [5.74, 6) is -0.292. The van der Waals surface area contributed by atoms with Crippen LogP contribution in [0.4, 0.5) is 0 Å². The number of amides is 1. The van der Waals surface area contributed by atoms with E-state index in [1.165, 1.54) is 6.92 Å². The van der Waals surface area contributed by atoms with Gasteiger partial charge in [-0.1, -0.05) is 18.9 Å². The van der Waals surface area contributed by atoms with E-state index in [0.717, 1.165) is 31.9 Å². The second kappa shape index (κ2) is 5.67. The van der Waals surface area contributed by atoms with Gasteiger partial charge in [0.2, 0.25) is 5.91 Å². The Morgan fingerprint density at radius 1 is 1.47 bits per heavy atom. The van der Waals surface area contributed by atoms with Crippen molar-refractivity contribution in [3.8, 4) is 0 Å². The van der Waals surface area contributed by atoms with Gasteiger partial charge in [0.25, 0.3) is 0 Å². The Labute approximate surface area is 104 Å². The van der Waals surface area contributed by atoms with Gasteiger partial charge in [-0.2, -0.15) is 0 Å². The second-order valence-corrected chi connectivity index (χ2v) is 7.06. The average Bonchev–Trinajstić information content (AvgIpc) is 2.75. The van der Waals surface area contributed by atoms with E-state index in [1.807, 2.05) is 0 Å². The third-order valence-electron chi connectivity index (χ3n) is 3.36.